The maximum atomic E-state index is 13.8. The number of rotatable bonds is 2. The number of para-hydroxylation sites is 1. The zero-order valence-electron chi connectivity index (χ0n) is 12.8. The second-order valence-electron chi connectivity index (χ2n) is 5.48. The number of hydrogen-bond donors (Lipinski definition) is 1. The summed E-state index contributed by atoms with van der Waals surface area (Å²) in [7, 11) is 0. The molecule has 0 radical (unpaired) electrons. The molecule has 1 saturated heterocycles. The highest BCUT2D eigenvalue weighted by Crippen LogP contribution is 2.25. The number of nitrogens with zero attached hydrogens (tertiary/aromatic N) is 2. The van der Waals surface area contributed by atoms with Crippen molar-refractivity contribution in [3.8, 4) is 0 Å². The fourth-order valence-corrected chi connectivity index (χ4v) is 3.04. The molecule has 1 aliphatic rings. The van der Waals surface area contributed by atoms with Gasteiger partial charge in [0.1, 0.15) is 5.82 Å². The van der Waals surface area contributed by atoms with Crippen LogP contribution in [0.15, 0.2) is 42.5 Å². The number of nitrogens with one attached hydrogen (secondary N) is 1. The van der Waals surface area contributed by atoms with Gasteiger partial charge in [0, 0.05) is 36.9 Å². The van der Waals surface area contributed by atoms with Crippen molar-refractivity contribution in [1.29, 1.82) is 0 Å². The minimum atomic E-state index is -0.548. The van der Waals surface area contributed by atoms with Gasteiger partial charge in [0.25, 0.3) is 0 Å². The van der Waals surface area contributed by atoms with E-state index in [-0.39, 0.29) is 16.7 Å². The fraction of sp³-hybridized carbons (Fsp3) is 0.235. The molecule has 3 rings (SSSR count). The molecule has 2 aromatic rings. The molecule has 2 aromatic carbocycles. The third-order valence-electron chi connectivity index (χ3n) is 3.93. The molecular weight excluding hydrogens is 352 g/mol. The van der Waals surface area contributed by atoms with Gasteiger partial charge >= 0.3 is 6.03 Å². The first-order valence-corrected chi connectivity index (χ1v) is 8.30. The number of urea groups is 1. The molecule has 0 atom stereocenters. The Labute approximate surface area is 149 Å². The van der Waals surface area contributed by atoms with E-state index in [1.807, 2.05) is 24.3 Å². The largest absolute Gasteiger partial charge is 0.368 e. The van der Waals surface area contributed by atoms with Gasteiger partial charge in [-0.1, -0.05) is 35.3 Å². The van der Waals surface area contributed by atoms with Gasteiger partial charge in [-0.2, -0.15) is 0 Å². The predicted molar refractivity (Wildman–Crippen MR) is 95.7 cm³/mol. The highest BCUT2D eigenvalue weighted by molar-refractivity contribution is 6.33. The van der Waals surface area contributed by atoms with Crippen molar-refractivity contribution in [1.82, 2.24) is 4.90 Å². The number of benzene rings is 2. The van der Waals surface area contributed by atoms with E-state index in [0.717, 1.165) is 5.69 Å². The number of carbonyl (C=O) groups is 1. The van der Waals surface area contributed by atoms with Crippen LogP contribution in [-0.2, 0) is 0 Å². The molecule has 126 valence electrons. The van der Waals surface area contributed by atoms with Crippen LogP contribution in [0.1, 0.15) is 0 Å². The van der Waals surface area contributed by atoms with Crippen LogP contribution in [0.5, 0.6) is 0 Å². The zero-order chi connectivity index (χ0) is 17.1. The molecule has 7 heteroatoms. The van der Waals surface area contributed by atoms with Crippen LogP contribution in [0.4, 0.5) is 20.6 Å². The minimum absolute atomic E-state index is 0.0152. The second kappa shape index (κ2) is 7.28. The quantitative estimate of drug-likeness (QED) is 0.848. The number of amides is 2. The summed E-state index contributed by atoms with van der Waals surface area (Å²) in [6.07, 6.45) is 0. The first-order valence-electron chi connectivity index (χ1n) is 7.55. The summed E-state index contributed by atoms with van der Waals surface area (Å²) in [5.41, 5.74) is 1.04. The third kappa shape index (κ3) is 3.74. The molecular formula is C17H16Cl2FN3O. The summed E-state index contributed by atoms with van der Waals surface area (Å²) < 4.78 is 13.8. The molecule has 1 fully saturated rings. The number of carbonyl (C=O) groups excluding carboxylic acids is 1. The van der Waals surface area contributed by atoms with Gasteiger partial charge in [-0.3, -0.25) is 0 Å². The maximum Gasteiger partial charge on any atom is 0.322 e. The summed E-state index contributed by atoms with van der Waals surface area (Å²) in [5.74, 6) is -0.548. The van der Waals surface area contributed by atoms with Crippen molar-refractivity contribution in [2.75, 3.05) is 36.4 Å². The lowest BCUT2D eigenvalue weighted by molar-refractivity contribution is 0.208. The number of hydrogen-bond acceptors (Lipinski definition) is 2. The molecule has 0 unspecified atom stereocenters. The Hall–Kier alpha value is -1.98. The van der Waals surface area contributed by atoms with Gasteiger partial charge in [0.05, 0.1) is 10.7 Å². The summed E-state index contributed by atoms with van der Waals surface area (Å²) in [6, 6.07) is 11.6. The Bertz CT molecular complexity index is 728. The van der Waals surface area contributed by atoms with E-state index in [9.17, 15) is 9.18 Å². The van der Waals surface area contributed by atoms with E-state index in [1.54, 1.807) is 4.90 Å². The molecule has 24 heavy (non-hydrogen) atoms. The molecule has 1 heterocycles. The smallest absolute Gasteiger partial charge is 0.322 e. The van der Waals surface area contributed by atoms with Gasteiger partial charge < -0.3 is 15.1 Å². The monoisotopic (exact) mass is 367 g/mol. The molecule has 1 N–H and O–H groups in total. The summed E-state index contributed by atoms with van der Waals surface area (Å²) >= 11 is 12.0. The van der Waals surface area contributed by atoms with Crippen molar-refractivity contribution in [2.24, 2.45) is 0 Å². The normalized spacial score (nSPS) is 14.6. The first-order chi connectivity index (χ1) is 11.5. The van der Waals surface area contributed by atoms with Crippen molar-refractivity contribution >= 4 is 40.6 Å². The fourth-order valence-electron chi connectivity index (χ4n) is 2.64. The number of halogens is 3. The molecule has 1 aliphatic heterocycles. The Balaban J connectivity index is 1.61. The third-order valence-corrected chi connectivity index (χ3v) is 4.48. The van der Waals surface area contributed by atoms with Crippen LogP contribution in [0.25, 0.3) is 0 Å². The van der Waals surface area contributed by atoms with E-state index in [4.69, 9.17) is 23.2 Å². The second-order valence-corrected chi connectivity index (χ2v) is 6.32. The van der Waals surface area contributed by atoms with Crippen molar-refractivity contribution in [3.05, 3.63) is 58.3 Å². The van der Waals surface area contributed by atoms with Crippen molar-refractivity contribution in [2.45, 2.75) is 0 Å². The minimum Gasteiger partial charge on any atom is -0.368 e. The van der Waals surface area contributed by atoms with Crippen LogP contribution in [0, 0.1) is 5.82 Å². The van der Waals surface area contributed by atoms with Crippen LogP contribution >= 0.6 is 23.2 Å². The van der Waals surface area contributed by atoms with Gasteiger partial charge in [0.15, 0.2) is 0 Å². The Morgan fingerprint density at radius 2 is 1.75 bits per heavy atom. The molecule has 0 saturated carbocycles. The van der Waals surface area contributed by atoms with Crippen LogP contribution < -0.4 is 10.2 Å². The van der Waals surface area contributed by atoms with Gasteiger partial charge in [-0.15, -0.1) is 0 Å². The van der Waals surface area contributed by atoms with E-state index in [0.29, 0.717) is 31.2 Å². The molecule has 0 aliphatic carbocycles. The zero-order valence-corrected chi connectivity index (χ0v) is 14.3. The standard InChI is InChI=1S/C17H16Cl2FN3O/c18-12-3-1-4-13(11-12)22-7-9-23(10-8-22)17(24)21-16-14(19)5-2-6-15(16)20/h1-6,11H,7-10H2,(H,21,24). The lowest BCUT2D eigenvalue weighted by atomic mass is 10.2. The Morgan fingerprint density at radius 1 is 1.04 bits per heavy atom. The SMILES string of the molecule is O=C(Nc1c(F)cccc1Cl)N1CCN(c2cccc(Cl)c2)CC1. The molecule has 0 aromatic heterocycles. The van der Waals surface area contributed by atoms with E-state index in [1.165, 1.54) is 18.2 Å². The van der Waals surface area contributed by atoms with Crippen LogP contribution in [-0.4, -0.2) is 37.1 Å². The van der Waals surface area contributed by atoms with E-state index >= 15 is 0 Å². The Kier molecular flexibility index (Phi) is 5.11. The average molecular weight is 368 g/mol. The maximum absolute atomic E-state index is 13.8. The highest BCUT2D eigenvalue weighted by atomic mass is 35.5. The highest BCUT2D eigenvalue weighted by Gasteiger charge is 2.22. The lowest BCUT2D eigenvalue weighted by Crippen LogP contribution is -2.50. The van der Waals surface area contributed by atoms with Gasteiger partial charge in [0.2, 0.25) is 0 Å². The predicted octanol–water partition coefficient (Wildman–Crippen LogP) is 4.49. The number of anilines is 2. The van der Waals surface area contributed by atoms with Gasteiger partial charge in [-0.25, -0.2) is 9.18 Å². The topological polar surface area (TPSA) is 35.6 Å². The molecule has 4 nitrogen and oxygen atoms in total. The van der Waals surface area contributed by atoms with E-state index in [2.05, 4.69) is 10.2 Å². The Morgan fingerprint density at radius 3 is 2.42 bits per heavy atom. The molecule has 0 spiro atoms. The molecule has 2 amide bonds. The number of piperazine rings is 1. The van der Waals surface area contributed by atoms with Crippen LogP contribution in [0.2, 0.25) is 10.0 Å². The summed E-state index contributed by atoms with van der Waals surface area (Å²) in [5, 5.41) is 3.42. The van der Waals surface area contributed by atoms with E-state index < -0.39 is 5.82 Å². The first kappa shape index (κ1) is 16.9. The summed E-state index contributed by atoms with van der Waals surface area (Å²) in [6.45, 7) is 2.42. The van der Waals surface area contributed by atoms with Crippen LogP contribution in [0.3, 0.4) is 0 Å². The average Bonchev–Trinajstić information content (AvgIpc) is 2.58. The van der Waals surface area contributed by atoms with Gasteiger partial charge in [-0.05, 0) is 30.3 Å². The molecule has 0 bridgehead atoms. The summed E-state index contributed by atoms with van der Waals surface area (Å²) in [4.78, 5) is 16.1. The lowest BCUT2D eigenvalue weighted by Gasteiger charge is -2.36. The van der Waals surface area contributed by atoms with Crippen molar-refractivity contribution in [3.63, 3.8) is 0 Å². The van der Waals surface area contributed by atoms with Crippen molar-refractivity contribution < 1.29 is 9.18 Å².